The number of rotatable bonds is 10. The number of benzene rings is 2. The van der Waals surface area contributed by atoms with E-state index in [9.17, 15) is 0 Å². The first-order chi connectivity index (χ1) is 21.0. The molecule has 12 heteroatoms. The van der Waals surface area contributed by atoms with Crippen LogP contribution in [0, 0.1) is 0 Å². The smallest absolute Gasteiger partial charge is 0.197 e. The molecule has 4 aromatic heterocycles. The fraction of sp³-hybridized carbons (Fsp3) is 0.161. The molecule has 0 bridgehead atoms. The Labute approximate surface area is 249 Å². The summed E-state index contributed by atoms with van der Waals surface area (Å²) in [6, 6.07) is 20.4. The molecule has 0 aliphatic rings. The maximum absolute atomic E-state index is 5.56. The van der Waals surface area contributed by atoms with Gasteiger partial charge >= 0.3 is 0 Å². The first kappa shape index (κ1) is 28.7. The number of aromatic nitrogens is 10. The summed E-state index contributed by atoms with van der Waals surface area (Å²) in [5, 5.41) is 16.6. The monoisotopic (exact) mass is 574 g/mol. The van der Waals surface area contributed by atoms with E-state index in [4.69, 9.17) is 11.5 Å². The van der Waals surface area contributed by atoms with Gasteiger partial charge in [0, 0.05) is 36.6 Å². The molecule has 0 fully saturated rings. The number of hydrogen-bond acceptors (Lipinski definition) is 8. The molecule has 4 heterocycles. The van der Waals surface area contributed by atoms with E-state index in [2.05, 4.69) is 90.0 Å². The Morgan fingerprint density at radius 1 is 0.744 bits per heavy atom. The molecule has 6 N–H and O–H groups in total. The second-order valence-corrected chi connectivity index (χ2v) is 9.99. The third-order valence-corrected chi connectivity index (χ3v) is 6.24. The Morgan fingerprint density at radius 2 is 1.28 bits per heavy atom. The summed E-state index contributed by atoms with van der Waals surface area (Å²) >= 11 is 0. The molecule has 0 saturated heterocycles. The predicted molar refractivity (Wildman–Crippen MR) is 167 cm³/mol. The van der Waals surface area contributed by atoms with Crippen LogP contribution in [0.4, 0.5) is 11.9 Å². The van der Waals surface area contributed by atoms with Gasteiger partial charge in [-0.2, -0.15) is 0 Å². The molecular formula is C31H34N12. The number of nitrogens with one attached hydrogen (secondary N) is 2. The average molecular weight is 575 g/mol. The fourth-order valence-corrected chi connectivity index (χ4v) is 4.32. The van der Waals surface area contributed by atoms with Crippen LogP contribution in [-0.4, -0.2) is 49.9 Å². The van der Waals surface area contributed by atoms with Crippen molar-refractivity contribution in [3.63, 3.8) is 0 Å². The van der Waals surface area contributed by atoms with Gasteiger partial charge in [-0.15, -0.1) is 10.2 Å². The molecule has 0 radical (unpaired) electrons. The van der Waals surface area contributed by atoms with Crippen molar-refractivity contribution in [3.05, 3.63) is 131 Å². The van der Waals surface area contributed by atoms with Crippen LogP contribution in [0.5, 0.6) is 0 Å². The van der Waals surface area contributed by atoms with Gasteiger partial charge in [-0.3, -0.25) is 0 Å². The van der Waals surface area contributed by atoms with E-state index in [-0.39, 0.29) is 0 Å². The van der Waals surface area contributed by atoms with Crippen molar-refractivity contribution in [2.45, 2.75) is 32.9 Å². The normalized spacial score (nSPS) is 11.5. The number of nitrogens with two attached hydrogens (primary N) is 2. The van der Waals surface area contributed by atoms with Gasteiger partial charge < -0.3 is 21.4 Å². The minimum atomic E-state index is 0.420. The molecule has 218 valence electrons. The number of nitrogen functional groups attached to an aromatic ring is 2. The molecule has 43 heavy (non-hydrogen) atoms. The highest BCUT2D eigenvalue weighted by atomic mass is 15.4. The highest BCUT2D eigenvalue weighted by molar-refractivity contribution is 5.52. The highest BCUT2D eigenvalue weighted by Crippen LogP contribution is 2.10. The topological polar surface area (TPSA) is 171 Å². The number of allylic oxidation sites excluding steroid dienone is 2. The Morgan fingerprint density at radius 3 is 1.84 bits per heavy atom. The summed E-state index contributed by atoms with van der Waals surface area (Å²) in [7, 11) is 0. The molecule has 0 unspecified atom stereocenters. The maximum atomic E-state index is 5.56. The van der Waals surface area contributed by atoms with Gasteiger partial charge in [0.2, 0.25) is 0 Å². The van der Waals surface area contributed by atoms with Crippen LogP contribution in [0.15, 0.2) is 97.1 Å². The van der Waals surface area contributed by atoms with E-state index in [1.54, 1.807) is 17.1 Å². The Hall–Kier alpha value is -5.78. The fourth-order valence-electron chi connectivity index (χ4n) is 4.32. The number of hydrogen-bond donors (Lipinski definition) is 4. The summed E-state index contributed by atoms with van der Waals surface area (Å²) in [5.74, 6) is 0.840. The zero-order valence-electron chi connectivity index (χ0n) is 23.9. The standard InChI is InChI=1S/C16H18N6.C15H16N6/c1-12(7-13-5-3-2-4-6-13)10-22-11-15(20-21-22)8-14-9-18-16(17)19-14;16-15-17-10-13(18-15)9-14-11-21(20-19-14)8-4-7-12-5-2-1-3-6-12/h2-7,9,11H,8,10H2,1H3,(H3,17,18,19);1-7,10-11H,8-9H2,(H3,16,17,18)/b12-7+;7-4+. The number of H-pyrrole nitrogens is 2. The molecule has 6 rings (SSSR count). The van der Waals surface area contributed by atoms with E-state index in [0.29, 0.717) is 37.8 Å². The summed E-state index contributed by atoms with van der Waals surface area (Å²) in [4.78, 5) is 13.9. The van der Waals surface area contributed by atoms with Gasteiger partial charge in [0.25, 0.3) is 0 Å². The average Bonchev–Trinajstić information content (AvgIpc) is 3.81. The lowest BCUT2D eigenvalue weighted by Crippen LogP contribution is -1.99. The zero-order chi connectivity index (χ0) is 29.9. The molecule has 2 aromatic carbocycles. The molecule has 12 nitrogen and oxygen atoms in total. The van der Waals surface area contributed by atoms with Gasteiger partial charge in [0.05, 0.1) is 36.9 Å². The minimum absolute atomic E-state index is 0.420. The molecule has 0 saturated carbocycles. The van der Waals surface area contributed by atoms with E-state index in [1.165, 1.54) is 16.7 Å². The second-order valence-electron chi connectivity index (χ2n) is 9.99. The van der Waals surface area contributed by atoms with Crippen molar-refractivity contribution < 1.29 is 0 Å². The zero-order valence-corrected chi connectivity index (χ0v) is 23.9. The lowest BCUT2D eigenvalue weighted by Gasteiger charge is -2.01. The second kappa shape index (κ2) is 14.2. The lowest BCUT2D eigenvalue weighted by atomic mass is 10.1. The number of anilines is 2. The van der Waals surface area contributed by atoms with Crippen molar-refractivity contribution >= 4 is 24.0 Å². The first-order valence-electron chi connectivity index (χ1n) is 13.8. The van der Waals surface area contributed by atoms with Gasteiger partial charge in [-0.25, -0.2) is 19.3 Å². The van der Waals surface area contributed by atoms with Crippen molar-refractivity contribution in [2.75, 3.05) is 11.5 Å². The lowest BCUT2D eigenvalue weighted by molar-refractivity contribution is 0.643. The van der Waals surface area contributed by atoms with Crippen LogP contribution in [0.2, 0.25) is 0 Å². The Bertz CT molecular complexity index is 1760. The van der Waals surface area contributed by atoms with Crippen LogP contribution >= 0.6 is 0 Å². The highest BCUT2D eigenvalue weighted by Gasteiger charge is 2.06. The van der Waals surface area contributed by atoms with Crippen LogP contribution in [0.25, 0.3) is 12.2 Å². The van der Waals surface area contributed by atoms with E-state index < -0.39 is 0 Å². The summed E-state index contributed by atoms with van der Waals surface area (Å²) in [6.07, 6.45) is 14.9. The maximum Gasteiger partial charge on any atom is 0.197 e. The van der Waals surface area contributed by atoms with Gasteiger partial charge in [-0.05, 0) is 18.1 Å². The third-order valence-electron chi connectivity index (χ3n) is 6.24. The van der Waals surface area contributed by atoms with Crippen molar-refractivity contribution in [1.82, 2.24) is 49.9 Å². The SMILES string of the molecule is C/C(=C\c1ccccc1)Cn1cc(Cc2cnc(N)[nH]2)nn1.Nc1ncc(Cc2cn(C/C=C/c3ccccc3)nn2)[nH]1. The van der Waals surface area contributed by atoms with Crippen molar-refractivity contribution in [3.8, 4) is 0 Å². The summed E-state index contributed by atoms with van der Waals surface area (Å²) in [5.41, 5.74) is 18.3. The third kappa shape index (κ3) is 9.11. The summed E-state index contributed by atoms with van der Waals surface area (Å²) < 4.78 is 3.64. The molecule has 0 amide bonds. The number of aromatic amines is 2. The van der Waals surface area contributed by atoms with E-state index in [1.807, 2.05) is 53.5 Å². The van der Waals surface area contributed by atoms with Crippen LogP contribution in [-0.2, 0) is 25.9 Å². The largest absolute Gasteiger partial charge is 0.369 e. The van der Waals surface area contributed by atoms with E-state index in [0.717, 1.165) is 22.8 Å². The predicted octanol–water partition coefficient (Wildman–Crippen LogP) is 4.17. The number of imidazole rings is 2. The molecule has 0 aliphatic carbocycles. The van der Waals surface area contributed by atoms with Gasteiger partial charge in [0.1, 0.15) is 0 Å². The quantitative estimate of drug-likeness (QED) is 0.189. The van der Waals surface area contributed by atoms with Gasteiger partial charge in [0.15, 0.2) is 11.9 Å². The Kier molecular flexibility index (Phi) is 9.50. The van der Waals surface area contributed by atoms with Crippen molar-refractivity contribution in [1.29, 1.82) is 0 Å². The first-order valence-corrected chi connectivity index (χ1v) is 13.8. The van der Waals surface area contributed by atoms with Gasteiger partial charge in [-0.1, -0.05) is 94.9 Å². The van der Waals surface area contributed by atoms with Crippen LogP contribution in [0.1, 0.15) is 40.8 Å². The molecule has 0 atom stereocenters. The van der Waals surface area contributed by atoms with Crippen LogP contribution in [0.3, 0.4) is 0 Å². The van der Waals surface area contributed by atoms with Crippen LogP contribution < -0.4 is 11.5 Å². The Balaban J connectivity index is 0.000000171. The molecular weight excluding hydrogens is 540 g/mol. The minimum Gasteiger partial charge on any atom is -0.369 e. The van der Waals surface area contributed by atoms with E-state index >= 15 is 0 Å². The molecule has 6 aromatic rings. The summed E-state index contributed by atoms with van der Waals surface area (Å²) in [6.45, 7) is 3.49. The number of nitrogens with zero attached hydrogens (tertiary/aromatic N) is 8. The molecule has 0 aliphatic heterocycles. The molecule has 0 spiro atoms. The van der Waals surface area contributed by atoms with Crippen molar-refractivity contribution in [2.24, 2.45) is 0 Å².